The maximum atomic E-state index is 12.5. The van der Waals surface area contributed by atoms with E-state index in [1.54, 1.807) is 11.9 Å². The van der Waals surface area contributed by atoms with Gasteiger partial charge in [-0.3, -0.25) is 9.88 Å². The van der Waals surface area contributed by atoms with Gasteiger partial charge in [-0.1, -0.05) is 13.0 Å². The van der Waals surface area contributed by atoms with E-state index in [1.165, 1.54) is 0 Å². The average Bonchev–Trinajstić information content (AvgIpc) is 2.91. The summed E-state index contributed by atoms with van der Waals surface area (Å²) >= 11 is 0. The van der Waals surface area contributed by atoms with Crippen molar-refractivity contribution in [3.63, 3.8) is 0 Å². The SMILES string of the molecule is CCc1ccc([C@H]2CCOC2)c(CN(C)CC(F)F)n1. The number of alkyl halides is 2. The molecular formula is C15H22F2N2O. The molecule has 0 radical (unpaired) electrons. The zero-order valence-corrected chi connectivity index (χ0v) is 12.1. The maximum absolute atomic E-state index is 12.5. The predicted molar refractivity (Wildman–Crippen MR) is 74.1 cm³/mol. The third kappa shape index (κ3) is 3.96. The van der Waals surface area contributed by atoms with E-state index >= 15 is 0 Å². The van der Waals surface area contributed by atoms with Gasteiger partial charge in [-0.15, -0.1) is 0 Å². The Balaban J connectivity index is 2.18. The number of halogens is 2. The molecule has 20 heavy (non-hydrogen) atoms. The second-order valence-electron chi connectivity index (χ2n) is 5.34. The Morgan fingerprint density at radius 1 is 1.45 bits per heavy atom. The van der Waals surface area contributed by atoms with Crippen LogP contribution in [0.2, 0.25) is 0 Å². The summed E-state index contributed by atoms with van der Waals surface area (Å²) in [6.45, 7) is 3.77. The van der Waals surface area contributed by atoms with Crippen LogP contribution in [0.1, 0.15) is 36.2 Å². The first-order valence-corrected chi connectivity index (χ1v) is 7.13. The Kier molecular flexibility index (Phi) is 5.43. The van der Waals surface area contributed by atoms with E-state index in [1.807, 2.05) is 13.0 Å². The van der Waals surface area contributed by atoms with Crippen molar-refractivity contribution < 1.29 is 13.5 Å². The lowest BCUT2D eigenvalue weighted by atomic mass is 9.96. The molecular weight excluding hydrogens is 262 g/mol. The molecule has 1 atom stereocenters. The molecule has 3 nitrogen and oxygen atoms in total. The molecule has 5 heteroatoms. The fraction of sp³-hybridized carbons (Fsp3) is 0.667. The predicted octanol–water partition coefficient (Wildman–Crippen LogP) is 2.84. The van der Waals surface area contributed by atoms with Crippen LogP contribution in [-0.2, 0) is 17.7 Å². The molecule has 2 heterocycles. The van der Waals surface area contributed by atoms with Crippen LogP contribution in [0.15, 0.2) is 12.1 Å². The van der Waals surface area contributed by atoms with E-state index in [0.717, 1.165) is 36.4 Å². The number of hydrogen-bond donors (Lipinski definition) is 0. The van der Waals surface area contributed by atoms with Gasteiger partial charge in [0.1, 0.15) is 0 Å². The number of aryl methyl sites for hydroxylation is 1. The molecule has 1 fully saturated rings. The van der Waals surface area contributed by atoms with Crippen LogP contribution in [0, 0.1) is 0 Å². The first kappa shape index (κ1) is 15.3. The maximum Gasteiger partial charge on any atom is 0.251 e. The van der Waals surface area contributed by atoms with Gasteiger partial charge in [-0.05, 0) is 31.5 Å². The van der Waals surface area contributed by atoms with Crippen molar-refractivity contribution >= 4 is 0 Å². The van der Waals surface area contributed by atoms with E-state index in [2.05, 4.69) is 11.1 Å². The van der Waals surface area contributed by atoms with Crippen LogP contribution >= 0.6 is 0 Å². The molecule has 1 aliphatic heterocycles. The fourth-order valence-corrected chi connectivity index (χ4v) is 2.59. The molecule has 0 N–H and O–H groups in total. The summed E-state index contributed by atoms with van der Waals surface area (Å²) < 4.78 is 30.3. The summed E-state index contributed by atoms with van der Waals surface area (Å²) in [5.41, 5.74) is 3.08. The van der Waals surface area contributed by atoms with E-state index in [9.17, 15) is 8.78 Å². The van der Waals surface area contributed by atoms with Gasteiger partial charge in [0, 0.05) is 24.8 Å². The zero-order valence-electron chi connectivity index (χ0n) is 12.1. The van der Waals surface area contributed by atoms with E-state index in [0.29, 0.717) is 19.1 Å². The molecule has 0 spiro atoms. The van der Waals surface area contributed by atoms with Gasteiger partial charge < -0.3 is 4.74 Å². The Bertz CT molecular complexity index is 434. The summed E-state index contributed by atoms with van der Waals surface area (Å²) in [4.78, 5) is 6.27. The van der Waals surface area contributed by atoms with Crippen molar-refractivity contribution in [3.05, 3.63) is 29.1 Å². The van der Waals surface area contributed by atoms with E-state index in [4.69, 9.17) is 4.74 Å². The molecule has 0 bridgehead atoms. The zero-order chi connectivity index (χ0) is 14.5. The third-order valence-corrected chi connectivity index (χ3v) is 3.67. The minimum atomic E-state index is -2.31. The van der Waals surface area contributed by atoms with Crippen LogP contribution in [0.4, 0.5) is 8.78 Å². The molecule has 2 rings (SSSR count). The summed E-state index contributed by atoms with van der Waals surface area (Å²) in [7, 11) is 1.71. The van der Waals surface area contributed by atoms with Crippen LogP contribution in [0.5, 0.6) is 0 Å². The summed E-state index contributed by atoms with van der Waals surface area (Å²) in [6, 6.07) is 4.13. The van der Waals surface area contributed by atoms with Crippen molar-refractivity contribution in [3.8, 4) is 0 Å². The quantitative estimate of drug-likeness (QED) is 0.803. The molecule has 0 amide bonds. The molecule has 1 aromatic rings. The topological polar surface area (TPSA) is 25.4 Å². The van der Waals surface area contributed by atoms with Crippen molar-refractivity contribution in [2.75, 3.05) is 26.8 Å². The third-order valence-electron chi connectivity index (χ3n) is 3.67. The normalized spacial score (nSPS) is 19.2. The smallest absolute Gasteiger partial charge is 0.251 e. The van der Waals surface area contributed by atoms with Gasteiger partial charge in [0.15, 0.2) is 0 Å². The molecule has 0 aliphatic carbocycles. The van der Waals surface area contributed by atoms with Crippen molar-refractivity contribution in [2.24, 2.45) is 0 Å². The molecule has 0 saturated carbocycles. The van der Waals surface area contributed by atoms with Crippen LogP contribution in [0.3, 0.4) is 0 Å². The number of pyridine rings is 1. The highest BCUT2D eigenvalue weighted by atomic mass is 19.3. The lowest BCUT2D eigenvalue weighted by Crippen LogP contribution is -2.25. The Labute approximate surface area is 118 Å². The summed E-state index contributed by atoms with van der Waals surface area (Å²) in [6.07, 6.45) is -0.473. The molecule has 112 valence electrons. The first-order valence-electron chi connectivity index (χ1n) is 7.13. The highest BCUT2D eigenvalue weighted by Gasteiger charge is 2.22. The van der Waals surface area contributed by atoms with Crippen molar-refractivity contribution in [1.82, 2.24) is 9.88 Å². The molecule has 1 aliphatic rings. The lowest BCUT2D eigenvalue weighted by Gasteiger charge is -2.20. The van der Waals surface area contributed by atoms with Crippen LogP contribution < -0.4 is 0 Å². The standard InChI is InChI=1S/C15H22F2N2O/c1-3-12-4-5-13(11-6-7-20-10-11)14(18-12)8-19(2)9-15(16)17/h4-5,11,15H,3,6-10H2,1-2H3/t11-/m0/s1. The number of ether oxygens (including phenoxy) is 1. The second-order valence-corrected chi connectivity index (χ2v) is 5.34. The van der Waals surface area contributed by atoms with Crippen LogP contribution in [-0.4, -0.2) is 43.1 Å². The minimum Gasteiger partial charge on any atom is -0.381 e. The fourth-order valence-electron chi connectivity index (χ4n) is 2.59. The van der Waals surface area contributed by atoms with Gasteiger partial charge >= 0.3 is 0 Å². The molecule has 0 unspecified atom stereocenters. The van der Waals surface area contributed by atoms with Crippen LogP contribution in [0.25, 0.3) is 0 Å². The molecule has 0 aromatic carbocycles. The van der Waals surface area contributed by atoms with Crippen molar-refractivity contribution in [2.45, 2.75) is 38.7 Å². The Hall–Kier alpha value is -1.07. The second kappa shape index (κ2) is 7.09. The largest absolute Gasteiger partial charge is 0.381 e. The lowest BCUT2D eigenvalue weighted by molar-refractivity contribution is 0.0968. The van der Waals surface area contributed by atoms with Gasteiger partial charge in [0.25, 0.3) is 6.43 Å². The summed E-state index contributed by atoms with van der Waals surface area (Å²) in [5.74, 6) is 0.350. The van der Waals surface area contributed by atoms with Gasteiger partial charge in [0.2, 0.25) is 0 Å². The number of rotatable bonds is 6. The van der Waals surface area contributed by atoms with E-state index < -0.39 is 6.43 Å². The molecule has 1 aromatic heterocycles. The van der Waals surface area contributed by atoms with Gasteiger partial charge in [0.05, 0.1) is 18.8 Å². The molecule has 1 saturated heterocycles. The average molecular weight is 284 g/mol. The Morgan fingerprint density at radius 3 is 2.85 bits per heavy atom. The monoisotopic (exact) mass is 284 g/mol. The first-order chi connectivity index (χ1) is 9.60. The number of nitrogens with zero attached hydrogens (tertiary/aromatic N) is 2. The minimum absolute atomic E-state index is 0.224. The van der Waals surface area contributed by atoms with Gasteiger partial charge in [-0.2, -0.15) is 0 Å². The van der Waals surface area contributed by atoms with Gasteiger partial charge in [-0.25, -0.2) is 8.78 Å². The Morgan fingerprint density at radius 2 is 2.25 bits per heavy atom. The number of aromatic nitrogens is 1. The van der Waals surface area contributed by atoms with E-state index in [-0.39, 0.29) is 6.54 Å². The summed E-state index contributed by atoms with van der Waals surface area (Å²) in [5, 5.41) is 0. The number of hydrogen-bond acceptors (Lipinski definition) is 3. The highest BCUT2D eigenvalue weighted by Crippen LogP contribution is 2.28. The highest BCUT2D eigenvalue weighted by molar-refractivity contribution is 5.28. The van der Waals surface area contributed by atoms with Crippen molar-refractivity contribution in [1.29, 1.82) is 0 Å².